The molecule has 11 heteroatoms. The van der Waals surface area contributed by atoms with E-state index in [1.54, 1.807) is 29.0 Å². The smallest absolute Gasteiger partial charge is 0.416 e. The lowest BCUT2D eigenvalue weighted by molar-refractivity contribution is -0.137. The summed E-state index contributed by atoms with van der Waals surface area (Å²) in [5.41, 5.74) is 0.892. The summed E-state index contributed by atoms with van der Waals surface area (Å²) in [4.78, 5) is 23.5. The van der Waals surface area contributed by atoms with Crippen LogP contribution >= 0.6 is 23.1 Å². The Morgan fingerprint density at radius 2 is 1.89 bits per heavy atom. The molecular weight excluding hydrogens is 511 g/mol. The van der Waals surface area contributed by atoms with Crippen molar-refractivity contribution in [3.8, 4) is 11.5 Å². The molecule has 0 spiro atoms. The van der Waals surface area contributed by atoms with Crippen molar-refractivity contribution >= 4 is 43.5 Å². The minimum absolute atomic E-state index is 0.138. The fraction of sp³-hybridized carbons (Fsp3) is 0.160. The third-order valence-electron chi connectivity index (χ3n) is 5.72. The molecule has 6 nitrogen and oxygen atoms in total. The van der Waals surface area contributed by atoms with Crippen molar-refractivity contribution in [3.63, 3.8) is 0 Å². The van der Waals surface area contributed by atoms with Crippen LogP contribution in [0.25, 0.3) is 20.4 Å². The number of nitrogens with zero attached hydrogens (tertiary/aromatic N) is 3. The van der Waals surface area contributed by atoms with Crippen LogP contribution in [-0.4, -0.2) is 21.3 Å². The third kappa shape index (κ3) is 4.18. The molecule has 3 aromatic heterocycles. The van der Waals surface area contributed by atoms with Crippen LogP contribution in [0.2, 0.25) is 0 Å². The Morgan fingerprint density at radius 1 is 1.03 bits per heavy atom. The van der Waals surface area contributed by atoms with Gasteiger partial charge in [0.2, 0.25) is 6.79 Å². The SMILES string of the molecule is O=c1c2sc3ncccc3c2nc(SCc2cccc(C(F)(F)F)c2)n1Cc1ccc2c(c1)OCO2. The molecular formula is C25H16F3N3O3S2. The zero-order chi connectivity index (χ0) is 24.9. The van der Waals surface area contributed by atoms with E-state index in [9.17, 15) is 18.0 Å². The molecule has 1 aliphatic heterocycles. The number of fused-ring (bicyclic) bond motifs is 4. The normalized spacial score (nSPS) is 13.1. The Kier molecular flexibility index (Phi) is 5.60. The van der Waals surface area contributed by atoms with Gasteiger partial charge < -0.3 is 9.47 Å². The maximum atomic E-state index is 13.6. The Labute approximate surface area is 210 Å². The third-order valence-corrected chi connectivity index (χ3v) is 7.86. The lowest BCUT2D eigenvalue weighted by Crippen LogP contribution is -2.23. The van der Waals surface area contributed by atoms with Crippen LogP contribution in [0.1, 0.15) is 16.7 Å². The van der Waals surface area contributed by atoms with E-state index in [4.69, 9.17) is 14.5 Å². The molecule has 4 heterocycles. The van der Waals surface area contributed by atoms with Crippen LogP contribution in [0.15, 0.2) is 70.7 Å². The van der Waals surface area contributed by atoms with E-state index in [0.29, 0.717) is 37.3 Å². The van der Waals surface area contributed by atoms with E-state index in [1.165, 1.54) is 29.2 Å². The summed E-state index contributed by atoms with van der Waals surface area (Å²) in [5.74, 6) is 1.44. The van der Waals surface area contributed by atoms with Crippen LogP contribution in [-0.2, 0) is 18.5 Å². The van der Waals surface area contributed by atoms with Crippen molar-refractivity contribution < 1.29 is 22.6 Å². The molecule has 6 rings (SSSR count). The predicted octanol–water partition coefficient (Wildman–Crippen LogP) is 6.09. The van der Waals surface area contributed by atoms with Crippen molar-refractivity contribution in [2.45, 2.75) is 23.6 Å². The second-order valence-electron chi connectivity index (χ2n) is 8.10. The van der Waals surface area contributed by atoms with Gasteiger partial charge in [-0.1, -0.05) is 36.0 Å². The Balaban J connectivity index is 1.43. The molecule has 0 aliphatic carbocycles. The average molecular weight is 528 g/mol. The van der Waals surface area contributed by atoms with Gasteiger partial charge in [0.05, 0.1) is 17.6 Å². The molecule has 0 fully saturated rings. The molecule has 0 saturated heterocycles. The molecule has 0 N–H and O–H groups in total. The van der Waals surface area contributed by atoms with Crippen molar-refractivity contribution in [1.29, 1.82) is 0 Å². The largest absolute Gasteiger partial charge is 0.454 e. The van der Waals surface area contributed by atoms with Gasteiger partial charge in [-0.2, -0.15) is 13.2 Å². The van der Waals surface area contributed by atoms with Gasteiger partial charge in [0.1, 0.15) is 9.53 Å². The fourth-order valence-corrected chi connectivity index (χ4v) is 5.96. The second kappa shape index (κ2) is 8.82. The minimum Gasteiger partial charge on any atom is -0.454 e. The van der Waals surface area contributed by atoms with E-state index in [0.717, 1.165) is 23.1 Å². The first kappa shape index (κ1) is 22.9. The summed E-state index contributed by atoms with van der Waals surface area (Å²) in [6.45, 7) is 0.351. The lowest BCUT2D eigenvalue weighted by Gasteiger charge is -2.13. The highest BCUT2D eigenvalue weighted by Crippen LogP contribution is 2.35. The molecule has 0 unspecified atom stereocenters. The number of halogens is 3. The summed E-state index contributed by atoms with van der Waals surface area (Å²) in [7, 11) is 0. The molecule has 0 saturated carbocycles. The summed E-state index contributed by atoms with van der Waals surface area (Å²) >= 11 is 2.49. The van der Waals surface area contributed by atoms with Crippen LogP contribution in [0.4, 0.5) is 13.2 Å². The molecule has 2 aromatic carbocycles. The predicted molar refractivity (Wildman–Crippen MR) is 132 cm³/mol. The standard InChI is InChI=1S/C25H16F3N3O3S2/c26-25(27,28)16-4-1-3-15(9-16)12-35-24-30-20-17-5-2-8-29-22(17)36-21(20)23(32)31(24)11-14-6-7-18-19(10-14)34-13-33-18/h1-10H,11-13H2. The molecule has 5 aromatic rings. The summed E-state index contributed by atoms with van der Waals surface area (Å²) in [5, 5.41) is 1.18. The number of ether oxygens (including phenoxy) is 2. The quantitative estimate of drug-likeness (QED) is 0.203. The lowest BCUT2D eigenvalue weighted by atomic mass is 10.1. The molecule has 182 valence electrons. The van der Waals surface area contributed by atoms with Crippen molar-refractivity contribution in [3.05, 3.63) is 87.8 Å². The monoisotopic (exact) mass is 527 g/mol. The second-order valence-corrected chi connectivity index (χ2v) is 10.0. The topological polar surface area (TPSA) is 66.2 Å². The van der Waals surface area contributed by atoms with Crippen molar-refractivity contribution in [2.24, 2.45) is 0 Å². The molecule has 0 amide bonds. The van der Waals surface area contributed by atoms with E-state index >= 15 is 0 Å². The van der Waals surface area contributed by atoms with E-state index in [2.05, 4.69) is 4.98 Å². The maximum Gasteiger partial charge on any atom is 0.416 e. The van der Waals surface area contributed by atoms with Gasteiger partial charge in [-0.25, -0.2) is 9.97 Å². The number of hydrogen-bond acceptors (Lipinski definition) is 7. The van der Waals surface area contributed by atoms with Crippen molar-refractivity contribution in [2.75, 3.05) is 6.79 Å². The van der Waals surface area contributed by atoms with Gasteiger partial charge >= 0.3 is 6.18 Å². The first-order chi connectivity index (χ1) is 17.4. The highest BCUT2D eigenvalue weighted by atomic mass is 32.2. The number of rotatable bonds is 5. The molecule has 36 heavy (non-hydrogen) atoms. The number of benzene rings is 2. The van der Waals surface area contributed by atoms with Gasteiger partial charge in [0.15, 0.2) is 16.7 Å². The Morgan fingerprint density at radius 3 is 2.75 bits per heavy atom. The molecule has 0 bridgehead atoms. The number of hydrogen-bond donors (Lipinski definition) is 0. The van der Waals surface area contributed by atoms with Crippen LogP contribution in [0.5, 0.6) is 11.5 Å². The van der Waals surface area contributed by atoms with Gasteiger partial charge in [-0.15, -0.1) is 11.3 Å². The summed E-state index contributed by atoms with van der Waals surface area (Å²) in [6, 6.07) is 14.3. The highest BCUT2D eigenvalue weighted by Gasteiger charge is 2.30. The average Bonchev–Trinajstić information content (AvgIpc) is 3.49. The van der Waals surface area contributed by atoms with E-state index < -0.39 is 11.7 Å². The minimum atomic E-state index is -4.43. The highest BCUT2D eigenvalue weighted by molar-refractivity contribution is 7.98. The zero-order valence-corrected chi connectivity index (χ0v) is 20.0. The number of thioether (sulfide) groups is 1. The van der Waals surface area contributed by atoms with Gasteiger partial charge in [0.25, 0.3) is 5.56 Å². The number of pyridine rings is 1. The van der Waals surface area contributed by atoms with Crippen LogP contribution in [0.3, 0.4) is 0 Å². The van der Waals surface area contributed by atoms with E-state index in [1.807, 2.05) is 18.2 Å². The van der Waals surface area contributed by atoms with Gasteiger partial charge in [-0.3, -0.25) is 9.36 Å². The zero-order valence-electron chi connectivity index (χ0n) is 18.4. The number of aromatic nitrogens is 3. The van der Waals surface area contributed by atoms with E-state index in [-0.39, 0.29) is 24.6 Å². The van der Waals surface area contributed by atoms with Crippen molar-refractivity contribution in [1.82, 2.24) is 14.5 Å². The maximum absolute atomic E-state index is 13.6. The Bertz CT molecular complexity index is 1680. The van der Waals surface area contributed by atoms with Crippen LogP contribution in [0, 0.1) is 0 Å². The summed E-state index contributed by atoms with van der Waals surface area (Å²) in [6.07, 6.45) is -2.77. The first-order valence-electron chi connectivity index (χ1n) is 10.8. The summed E-state index contributed by atoms with van der Waals surface area (Å²) < 4.78 is 52.4. The Hall–Kier alpha value is -3.57. The van der Waals surface area contributed by atoms with Gasteiger partial charge in [0, 0.05) is 17.3 Å². The molecule has 0 radical (unpaired) electrons. The number of thiophene rings is 1. The first-order valence-corrected chi connectivity index (χ1v) is 12.6. The fourth-order valence-electron chi connectivity index (χ4n) is 4.00. The van der Waals surface area contributed by atoms with Gasteiger partial charge in [-0.05, 0) is 41.5 Å². The number of alkyl halides is 3. The van der Waals surface area contributed by atoms with Crippen LogP contribution < -0.4 is 15.0 Å². The molecule has 1 aliphatic rings. The molecule has 0 atom stereocenters.